The summed E-state index contributed by atoms with van der Waals surface area (Å²) in [5, 5.41) is 8.51. The number of benzene rings is 1. The minimum absolute atomic E-state index is 0.0809. The number of hydrogen-bond donors (Lipinski definition) is 2. The van der Waals surface area contributed by atoms with Gasteiger partial charge >= 0.3 is 0 Å². The molecule has 1 aliphatic heterocycles. The fourth-order valence-corrected chi connectivity index (χ4v) is 5.53. The summed E-state index contributed by atoms with van der Waals surface area (Å²) in [5.74, 6) is 0.755. The van der Waals surface area contributed by atoms with Crippen LogP contribution in [0.25, 0.3) is 10.9 Å². The first-order valence-corrected chi connectivity index (χ1v) is 11.3. The van der Waals surface area contributed by atoms with Crippen LogP contribution in [0.2, 0.25) is 0 Å². The second-order valence-electron chi connectivity index (χ2n) is 7.43. The van der Waals surface area contributed by atoms with Gasteiger partial charge in [-0.2, -0.15) is 5.10 Å². The van der Waals surface area contributed by atoms with E-state index < -0.39 is 9.84 Å². The van der Waals surface area contributed by atoms with Gasteiger partial charge in [-0.05, 0) is 37.8 Å². The van der Waals surface area contributed by atoms with E-state index in [4.69, 9.17) is 0 Å². The van der Waals surface area contributed by atoms with Crippen molar-refractivity contribution < 1.29 is 13.2 Å². The molecule has 0 aliphatic carbocycles. The standard InChI is InChI=1S/C20H24N4O3S/c1-14-11-19(24(23-14)16-9-10-28(26,27)13-16)22-20(25)8-4-5-15-12-21-18-7-3-2-6-17(15)18/h2-3,6-7,11-12,16,21H,4-5,8-10,13H2,1H3,(H,22,25)/t16-/m1/s1. The third-order valence-electron chi connectivity index (χ3n) is 5.20. The highest BCUT2D eigenvalue weighted by Gasteiger charge is 2.31. The predicted molar refractivity (Wildman–Crippen MR) is 109 cm³/mol. The number of aromatic amines is 1. The molecule has 1 atom stereocenters. The van der Waals surface area contributed by atoms with E-state index in [0.29, 0.717) is 18.7 Å². The maximum Gasteiger partial charge on any atom is 0.225 e. The Balaban J connectivity index is 1.37. The van der Waals surface area contributed by atoms with Crippen molar-refractivity contribution in [3.63, 3.8) is 0 Å². The molecule has 0 saturated carbocycles. The molecule has 3 heterocycles. The Morgan fingerprint density at radius 1 is 1.36 bits per heavy atom. The Morgan fingerprint density at radius 2 is 2.18 bits per heavy atom. The van der Waals surface area contributed by atoms with Crippen molar-refractivity contribution in [2.75, 3.05) is 16.8 Å². The molecule has 2 N–H and O–H groups in total. The monoisotopic (exact) mass is 400 g/mol. The summed E-state index contributed by atoms with van der Waals surface area (Å²) in [6.45, 7) is 1.84. The molecule has 0 unspecified atom stereocenters. The van der Waals surface area contributed by atoms with E-state index in [1.807, 2.05) is 31.3 Å². The fourth-order valence-electron chi connectivity index (χ4n) is 3.84. The van der Waals surface area contributed by atoms with Gasteiger partial charge in [0.25, 0.3) is 0 Å². The fraction of sp³-hybridized carbons (Fsp3) is 0.400. The van der Waals surface area contributed by atoms with E-state index in [0.717, 1.165) is 24.1 Å². The molecular weight excluding hydrogens is 376 g/mol. The topological polar surface area (TPSA) is 96.9 Å². The number of para-hydroxylation sites is 1. The van der Waals surface area contributed by atoms with Gasteiger partial charge in [0.1, 0.15) is 5.82 Å². The molecule has 1 amide bonds. The van der Waals surface area contributed by atoms with Crippen molar-refractivity contribution >= 4 is 32.5 Å². The summed E-state index contributed by atoms with van der Waals surface area (Å²) in [5.41, 5.74) is 3.08. The van der Waals surface area contributed by atoms with Gasteiger partial charge in [-0.15, -0.1) is 0 Å². The number of nitrogens with zero attached hydrogens (tertiary/aromatic N) is 2. The molecule has 1 saturated heterocycles. The van der Waals surface area contributed by atoms with Crippen LogP contribution in [0.15, 0.2) is 36.5 Å². The zero-order valence-electron chi connectivity index (χ0n) is 15.8. The molecule has 148 valence electrons. The van der Waals surface area contributed by atoms with Gasteiger partial charge in [-0.25, -0.2) is 13.1 Å². The highest BCUT2D eigenvalue weighted by molar-refractivity contribution is 7.91. The first-order chi connectivity index (χ1) is 13.4. The first-order valence-electron chi connectivity index (χ1n) is 9.53. The number of nitrogens with one attached hydrogen (secondary N) is 2. The van der Waals surface area contributed by atoms with Gasteiger partial charge in [-0.3, -0.25) is 4.79 Å². The molecular formula is C20H24N4O3S. The Hall–Kier alpha value is -2.61. The Kier molecular flexibility index (Phi) is 4.97. The maximum atomic E-state index is 12.4. The van der Waals surface area contributed by atoms with Crippen LogP contribution in [0.3, 0.4) is 0 Å². The normalized spacial score (nSPS) is 18.5. The number of carbonyl (C=O) groups excluding carboxylic acids is 1. The highest BCUT2D eigenvalue weighted by Crippen LogP contribution is 2.27. The lowest BCUT2D eigenvalue weighted by Crippen LogP contribution is -2.19. The van der Waals surface area contributed by atoms with E-state index in [-0.39, 0.29) is 23.5 Å². The smallest absolute Gasteiger partial charge is 0.225 e. The molecule has 0 bridgehead atoms. The molecule has 3 aromatic rings. The minimum Gasteiger partial charge on any atom is -0.361 e. The van der Waals surface area contributed by atoms with Crippen LogP contribution in [0.1, 0.15) is 36.6 Å². The largest absolute Gasteiger partial charge is 0.361 e. The van der Waals surface area contributed by atoms with Crippen molar-refractivity contribution in [1.82, 2.24) is 14.8 Å². The number of amides is 1. The molecule has 2 aromatic heterocycles. The lowest BCUT2D eigenvalue weighted by Gasteiger charge is -2.13. The van der Waals surface area contributed by atoms with Crippen LogP contribution in [-0.4, -0.2) is 40.6 Å². The molecule has 1 aromatic carbocycles. The summed E-state index contributed by atoms with van der Waals surface area (Å²) >= 11 is 0. The van der Waals surface area contributed by atoms with Gasteiger partial charge in [0.15, 0.2) is 9.84 Å². The highest BCUT2D eigenvalue weighted by atomic mass is 32.2. The lowest BCUT2D eigenvalue weighted by molar-refractivity contribution is -0.116. The lowest BCUT2D eigenvalue weighted by atomic mass is 10.1. The van der Waals surface area contributed by atoms with Crippen molar-refractivity contribution in [2.24, 2.45) is 0 Å². The Bertz CT molecular complexity index is 1110. The number of rotatable bonds is 6. The van der Waals surface area contributed by atoms with Gasteiger partial charge in [0, 0.05) is 29.6 Å². The van der Waals surface area contributed by atoms with Crippen LogP contribution in [-0.2, 0) is 21.1 Å². The Morgan fingerprint density at radius 3 is 2.96 bits per heavy atom. The Labute approximate surface area is 164 Å². The van der Waals surface area contributed by atoms with Crippen molar-refractivity contribution in [2.45, 2.75) is 38.6 Å². The van der Waals surface area contributed by atoms with Crippen LogP contribution >= 0.6 is 0 Å². The number of carbonyl (C=O) groups is 1. The van der Waals surface area contributed by atoms with E-state index in [1.165, 1.54) is 10.9 Å². The van der Waals surface area contributed by atoms with Crippen LogP contribution in [0.5, 0.6) is 0 Å². The minimum atomic E-state index is -3.01. The average Bonchev–Trinajstić information content (AvgIpc) is 3.32. The third-order valence-corrected chi connectivity index (χ3v) is 6.95. The first kappa shape index (κ1) is 18.7. The number of sulfone groups is 1. The molecule has 1 fully saturated rings. The predicted octanol–water partition coefficient (Wildman–Crippen LogP) is 2.99. The molecule has 28 heavy (non-hydrogen) atoms. The zero-order valence-corrected chi connectivity index (χ0v) is 16.6. The summed E-state index contributed by atoms with van der Waals surface area (Å²) in [7, 11) is -3.01. The average molecular weight is 401 g/mol. The van der Waals surface area contributed by atoms with Gasteiger partial charge in [0.05, 0.1) is 23.2 Å². The van der Waals surface area contributed by atoms with Crippen LogP contribution < -0.4 is 5.32 Å². The number of aromatic nitrogens is 3. The van der Waals surface area contributed by atoms with E-state index in [1.54, 1.807) is 10.7 Å². The van der Waals surface area contributed by atoms with Crippen molar-refractivity contribution in [3.05, 3.63) is 47.8 Å². The quantitative estimate of drug-likeness (QED) is 0.665. The van der Waals surface area contributed by atoms with Gasteiger partial charge < -0.3 is 10.3 Å². The molecule has 7 nitrogen and oxygen atoms in total. The summed E-state index contributed by atoms with van der Waals surface area (Å²) in [4.78, 5) is 15.7. The zero-order chi connectivity index (χ0) is 19.7. The van der Waals surface area contributed by atoms with E-state index >= 15 is 0 Å². The van der Waals surface area contributed by atoms with Gasteiger partial charge in [-0.1, -0.05) is 18.2 Å². The number of aryl methyl sites for hydroxylation is 2. The van der Waals surface area contributed by atoms with Gasteiger partial charge in [0.2, 0.25) is 5.91 Å². The maximum absolute atomic E-state index is 12.4. The SMILES string of the molecule is Cc1cc(NC(=O)CCCc2c[nH]c3ccccc23)n([C@@H]2CCS(=O)(=O)C2)n1. The molecule has 8 heteroatoms. The van der Waals surface area contributed by atoms with Crippen LogP contribution in [0, 0.1) is 6.92 Å². The van der Waals surface area contributed by atoms with Crippen molar-refractivity contribution in [1.29, 1.82) is 0 Å². The summed E-state index contributed by atoms with van der Waals surface area (Å²) in [6.07, 6.45) is 4.48. The van der Waals surface area contributed by atoms with E-state index in [2.05, 4.69) is 21.5 Å². The number of anilines is 1. The number of fused-ring (bicyclic) bond motifs is 1. The third kappa shape index (κ3) is 3.96. The summed E-state index contributed by atoms with van der Waals surface area (Å²) < 4.78 is 25.2. The molecule has 4 rings (SSSR count). The van der Waals surface area contributed by atoms with Crippen LogP contribution in [0.4, 0.5) is 5.82 Å². The molecule has 0 spiro atoms. The second-order valence-corrected chi connectivity index (χ2v) is 9.66. The summed E-state index contributed by atoms with van der Waals surface area (Å²) in [6, 6.07) is 9.72. The van der Waals surface area contributed by atoms with E-state index in [9.17, 15) is 13.2 Å². The van der Waals surface area contributed by atoms with Crippen molar-refractivity contribution in [3.8, 4) is 0 Å². The molecule has 1 aliphatic rings. The molecule has 0 radical (unpaired) electrons. The number of hydrogen-bond acceptors (Lipinski definition) is 4. The number of H-pyrrole nitrogens is 1. The second kappa shape index (κ2) is 7.43.